The number of nitrogens with zero attached hydrogens (tertiary/aromatic N) is 4. The number of aliphatic hydroxyl groups is 1. The second-order valence-corrected chi connectivity index (χ2v) is 8.27. The van der Waals surface area contributed by atoms with E-state index in [0.717, 1.165) is 5.56 Å². The van der Waals surface area contributed by atoms with Crippen molar-refractivity contribution in [3.8, 4) is 0 Å². The molecule has 0 radical (unpaired) electrons. The Hall–Kier alpha value is -2.31. The Kier molecular flexibility index (Phi) is 5.58. The minimum absolute atomic E-state index is 0.0673. The van der Waals surface area contributed by atoms with Crippen molar-refractivity contribution in [2.24, 2.45) is 0 Å². The summed E-state index contributed by atoms with van der Waals surface area (Å²) in [4.78, 5) is 11.4. The smallest absolute Gasteiger partial charge is 0.312 e. The van der Waals surface area contributed by atoms with Gasteiger partial charge in [-0.05, 0) is 40.0 Å². The largest absolute Gasteiger partial charge is 0.396 e. The van der Waals surface area contributed by atoms with Gasteiger partial charge in [-0.15, -0.1) is 0 Å². The highest BCUT2D eigenvalue weighted by Crippen LogP contribution is 2.24. The van der Waals surface area contributed by atoms with Crippen molar-refractivity contribution in [1.82, 2.24) is 19.5 Å². The molecule has 0 atom stereocenters. The van der Waals surface area contributed by atoms with Crippen LogP contribution in [-0.2, 0) is 16.6 Å². The summed E-state index contributed by atoms with van der Waals surface area (Å²) in [5, 5.41) is 8.78. The summed E-state index contributed by atoms with van der Waals surface area (Å²) in [7, 11) is -3.55. The predicted octanol–water partition coefficient (Wildman–Crippen LogP) is 1.48. The topological polar surface area (TPSA) is 136 Å². The minimum Gasteiger partial charge on any atom is -0.396 e. The second kappa shape index (κ2) is 7.74. The van der Waals surface area contributed by atoms with E-state index in [9.17, 15) is 12.8 Å². The molecule has 144 valence electrons. The molecule has 0 spiro atoms. The first-order valence-corrected chi connectivity index (χ1v) is 10.3. The van der Waals surface area contributed by atoms with Crippen LogP contribution in [-0.4, -0.2) is 45.4 Å². The van der Waals surface area contributed by atoms with Gasteiger partial charge in [0, 0.05) is 12.3 Å². The second-order valence-electron chi connectivity index (χ2n) is 5.72. The normalized spacial score (nSPS) is 11.8. The van der Waals surface area contributed by atoms with E-state index in [0.29, 0.717) is 10.4 Å². The molecule has 2 heterocycles. The molecular formula is C15H16BrFN6O3S. The van der Waals surface area contributed by atoms with Crippen molar-refractivity contribution in [2.45, 2.75) is 13.0 Å². The highest BCUT2D eigenvalue weighted by Gasteiger charge is 2.16. The first-order chi connectivity index (χ1) is 12.8. The first-order valence-electron chi connectivity index (χ1n) is 7.84. The summed E-state index contributed by atoms with van der Waals surface area (Å²) in [5.41, 5.74) is 7.29. The summed E-state index contributed by atoms with van der Waals surface area (Å²) in [6.45, 7) is 0.0451. The third-order valence-corrected chi connectivity index (χ3v) is 5.64. The number of aromatic nitrogens is 4. The van der Waals surface area contributed by atoms with Crippen LogP contribution in [0.5, 0.6) is 0 Å². The molecular weight excluding hydrogens is 443 g/mol. The molecule has 0 bridgehead atoms. The Labute approximate surface area is 162 Å². The van der Waals surface area contributed by atoms with E-state index in [1.165, 1.54) is 0 Å². The van der Waals surface area contributed by atoms with E-state index in [4.69, 9.17) is 10.8 Å². The van der Waals surface area contributed by atoms with Crippen LogP contribution in [0, 0.1) is 6.08 Å². The van der Waals surface area contributed by atoms with Crippen LogP contribution in [0.1, 0.15) is 12.0 Å². The Bertz CT molecular complexity index is 1090. The lowest BCUT2D eigenvalue weighted by atomic mass is 10.2. The summed E-state index contributed by atoms with van der Waals surface area (Å²) >= 11 is 3.29. The van der Waals surface area contributed by atoms with Crippen LogP contribution in [0.2, 0.25) is 0 Å². The zero-order valence-corrected chi connectivity index (χ0v) is 16.3. The first kappa shape index (κ1) is 19.5. The van der Waals surface area contributed by atoms with Crippen molar-refractivity contribution in [3.63, 3.8) is 0 Å². The zero-order chi connectivity index (χ0) is 19.6. The molecule has 3 aromatic rings. The van der Waals surface area contributed by atoms with Gasteiger partial charge in [-0.1, -0.05) is 12.1 Å². The fraction of sp³-hybridized carbons (Fsp3) is 0.267. The van der Waals surface area contributed by atoms with Gasteiger partial charge in [0.1, 0.15) is 0 Å². The number of nitrogen functional groups attached to an aromatic ring is 1. The summed E-state index contributed by atoms with van der Waals surface area (Å²) in [6.07, 6.45) is -0.811. The quantitative estimate of drug-likeness (QED) is 0.360. The van der Waals surface area contributed by atoms with Gasteiger partial charge >= 0.3 is 6.08 Å². The van der Waals surface area contributed by atoms with E-state index < -0.39 is 16.1 Å². The van der Waals surface area contributed by atoms with E-state index in [1.807, 2.05) is 0 Å². The van der Waals surface area contributed by atoms with Gasteiger partial charge in [0.15, 0.2) is 21.7 Å². The fourth-order valence-electron chi connectivity index (χ4n) is 2.51. The minimum atomic E-state index is -3.55. The van der Waals surface area contributed by atoms with E-state index >= 15 is 0 Å². The van der Waals surface area contributed by atoms with E-state index in [1.54, 1.807) is 28.8 Å². The monoisotopic (exact) mass is 458 g/mol. The lowest BCUT2D eigenvalue weighted by molar-refractivity contribution is 0.295. The molecule has 0 aliphatic carbocycles. The van der Waals surface area contributed by atoms with Crippen molar-refractivity contribution in [1.29, 1.82) is 0 Å². The molecule has 9 nitrogen and oxygen atoms in total. The van der Waals surface area contributed by atoms with Gasteiger partial charge in [0.25, 0.3) is 0 Å². The molecule has 0 saturated carbocycles. The number of imidazole rings is 1. The van der Waals surface area contributed by atoms with Crippen LogP contribution >= 0.6 is 15.9 Å². The predicted molar refractivity (Wildman–Crippen MR) is 102 cm³/mol. The number of aliphatic hydroxyl groups excluding tert-OH is 1. The third kappa shape index (κ3) is 4.51. The molecule has 2 aromatic heterocycles. The highest BCUT2D eigenvalue weighted by molar-refractivity contribution is 9.10. The SMILES string of the molecule is Nc1nc(F)nc2c1nc(Br)n2Cc1cccc(NS(=O)(=O)CCCO)c1. The Morgan fingerprint density at radius 2 is 2.07 bits per heavy atom. The van der Waals surface area contributed by atoms with Crippen LogP contribution in [0.25, 0.3) is 11.2 Å². The number of hydrogen-bond acceptors (Lipinski definition) is 7. The fourth-order valence-corrected chi connectivity index (χ4v) is 4.08. The van der Waals surface area contributed by atoms with Crippen LogP contribution in [0.15, 0.2) is 29.0 Å². The lowest BCUT2D eigenvalue weighted by Crippen LogP contribution is -2.17. The van der Waals surface area contributed by atoms with Crippen molar-refractivity contribution in [2.75, 3.05) is 22.8 Å². The lowest BCUT2D eigenvalue weighted by Gasteiger charge is -2.10. The molecule has 3 rings (SSSR count). The van der Waals surface area contributed by atoms with E-state index in [2.05, 4.69) is 35.6 Å². The van der Waals surface area contributed by atoms with Crippen LogP contribution in [0.3, 0.4) is 0 Å². The molecule has 0 fully saturated rings. The van der Waals surface area contributed by atoms with Crippen LogP contribution in [0.4, 0.5) is 15.9 Å². The Balaban J connectivity index is 1.89. The third-order valence-electron chi connectivity index (χ3n) is 3.66. The molecule has 0 saturated heterocycles. The van der Waals surface area contributed by atoms with Gasteiger partial charge < -0.3 is 10.8 Å². The number of nitrogens with two attached hydrogens (primary N) is 1. The highest BCUT2D eigenvalue weighted by atomic mass is 79.9. The van der Waals surface area contributed by atoms with Crippen molar-refractivity contribution < 1.29 is 17.9 Å². The average Bonchev–Trinajstić information content (AvgIpc) is 2.90. The number of anilines is 2. The number of halogens is 2. The van der Waals surface area contributed by atoms with Crippen molar-refractivity contribution >= 4 is 48.6 Å². The van der Waals surface area contributed by atoms with Gasteiger partial charge in [-0.25, -0.2) is 13.4 Å². The summed E-state index contributed by atoms with van der Waals surface area (Å²) < 4.78 is 41.9. The molecule has 0 aliphatic heterocycles. The molecule has 4 N–H and O–H groups in total. The zero-order valence-electron chi connectivity index (χ0n) is 13.9. The number of rotatable bonds is 7. The number of hydrogen-bond donors (Lipinski definition) is 3. The summed E-state index contributed by atoms with van der Waals surface area (Å²) in [5.74, 6) is -0.247. The van der Waals surface area contributed by atoms with Crippen molar-refractivity contribution in [3.05, 3.63) is 40.6 Å². The van der Waals surface area contributed by atoms with Gasteiger partial charge in [0.05, 0.1) is 12.3 Å². The summed E-state index contributed by atoms with van der Waals surface area (Å²) in [6, 6.07) is 6.73. The number of nitrogens with one attached hydrogen (secondary N) is 1. The van der Waals surface area contributed by atoms with E-state index in [-0.39, 0.29) is 42.3 Å². The molecule has 1 aromatic carbocycles. The number of benzene rings is 1. The van der Waals surface area contributed by atoms with Gasteiger partial charge in [-0.3, -0.25) is 9.29 Å². The maximum atomic E-state index is 13.5. The van der Waals surface area contributed by atoms with Gasteiger partial charge in [-0.2, -0.15) is 14.4 Å². The standard InChI is InChI=1S/C15H16BrFN6O3S/c16-14-19-11-12(18)20-15(17)21-13(11)23(14)8-9-3-1-4-10(7-9)22-27(25,26)6-2-5-24/h1,3-4,7,22,24H,2,5-6,8H2,(H2,18,20,21). The maximum absolute atomic E-state index is 13.5. The molecule has 12 heteroatoms. The number of sulfonamides is 1. The van der Waals surface area contributed by atoms with Gasteiger partial charge in [0.2, 0.25) is 10.0 Å². The number of fused-ring (bicyclic) bond motifs is 1. The molecule has 0 unspecified atom stereocenters. The van der Waals surface area contributed by atoms with Crippen LogP contribution < -0.4 is 10.5 Å². The molecule has 0 amide bonds. The molecule has 27 heavy (non-hydrogen) atoms. The molecule has 0 aliphatic rings. The maximum Gasteiger partial charge on any atom is 0.312 e. The Morgan fingerprint density at radius 3 is 2.81 bits per heavy atom. The average molecular weight is 459 g/mol. The Morgan fingerprint density at radius 1 is 1.30 bits per heavy atom.